The summed E-state index contributed by atoms with van der Waals surface area (Å²) in [7, 11) is 0. The van der Waals surface area contributed by atoms with Gasteiger partial charge in [-0.05, 0) is 44.5 Å². The van der Waals surface area contributed by atoms with E-state index < -0.39 is 0 Å². The van der Waals surface area contributed by atoms with Gasteiger partial charge < -0.3 is 15.8 Å². The van der Waals surface area contributed by atoms with Gasteiger partial charge >= 0.3 is 0 Å². The normalized spacial score (nSPS) is 26.7. The van der Waals surface area contributed by atoms with Gasteiger partial charge in [0.2, 0.25) is 0 Å². The number of pyridine rings is 1. The number of nitrogens with two attached hydrogens (primary N) is 1. The molecule has 1 saturated heterocycles. The predicted molar refractivity (Wildman–Crippen MR) is 78.2 cm³/mol. The number of ether oxygens (including phenoxy) is 1. The SMILES string of the molecule is CC1OCCC1(C)Nc1ccc2ncccc2c1N. The Labute approximate surface area is 113 Å². The maximum Gasteiger partial charge on any atom is 0.0774 e. The first-order chi connectivity index (χ1) is 9.10. The van der Waals surface area contributed by atoms with E-state index >= 15 is 0 Å². The fraction of sp³-hybridized carbons (Fsp3) is 0.400. The quantitative estimate of drug-likeness (QED) is 0.812. The van der Waals surface area contributed by atoms with Crippen LogP contribution in [0.4, 0.5) is 11.4 Å². The van der Waals surface area contributed by atoms with Crippen LogP contribution in [0.15, 0.2) is 30.5 Å². The highest BCUT2D eigenvalue weighted by molar-refractivity contribution is 5.96. The first kappa shape index (κ1) is 12.2. The maximum absolute atomic E-state index is 6.26. The Balaban J connectivity index is 2.00. The number of nitrogens with one attached hydrogen (secondary N) is 1. The maximum atomic E-state index is 6.26. The monoisotopic (exact) mass is 257 g/mol. The average molecular weight is 257 g/mol. The first-order valence-corrected chi connectivity index (χ1v) is 6.63. The molecule has 0 bridgehead atoms. The minimum absolute atomic E-state index is 0.0655. The summed E-state index contributed by atoms with van der Waals surface area (Å²) in [6.45, 7) is 5.07. The molecule has 3 rings (SSSR count). The van der Waals surface area contributed by atoms with Crippen LogP contribution in [0.25, 0.3) is 10.9 Å². The van der Waals surface area contributed by atoms with E-state index in [1.807, 2.05) is 24.3 Å². The highest BCUT2D eigenvalue weighted by Crippen LogP contribution is 2.34. The zero-order valence-electron chi connectivity index (χ0n) is 11.3. The van der Waals surface area contributed by atoms with Crippen molar-refractivity contribution in [2.75, 3.05) is 17.7 Å². The van der Waals surface area contributed by atoms with Crippen LogP contribution in [-0.4, -0.2) is 23.2 Å². The van der Waals surface area contributed by atoms with Crippen molar-refractivity contribution in [3.63, 3.8) is 0 Å². The number of hydrogen-bond donors (Lipinski definition) is 2. The molecule has 1 aliphatic heterocycles. The molecule has 4 heteroatoms. The molecule has 19 heavy (non-hydrogen) atoms. The molecule has 0 saturated carbocycles. The molecule has 4 nitrogen and oxygen atoms in total. The lowest BCUT2D eigenvalue weighted by atomic mass is 9.94. The summed E-state index contributed by atoms with van der Waals surface area (Å²) in [6.07, 6.45) is 2.94. The van der Waals surface area contributed by atoms with Crippen molar-refractivity contribution in [1.29, 1.82) is 0 Å². The van der Waals surface area contributed by atoms with Gasteiger partial charge in [-0.25, -0.2) is 0 Å². The highest BCUT2D eigenvalue weighted by atomic mass is 16.5. The van der Waals surface area contributed by atoms with Crippen LogP contribution in [0.1, 0.15) is 20.3 Å². The van der Waals surface area contributed by atoms with Crippen molar-refractivity contribution in [2.24, 2.45) is 0 Å². The summed E-state index contributed by atoms with van der Waals surface area (Å²) in [5.74, 6) is 0. The van der Waals surface area contributed by atoms with Gasteiger partial charge in [-0.1, -0.05) is 0 Å². The van der Waals surface area contributed by atoms with Gasteiger partial charge in [0.15, 0.2) is 0 Å². The average Bonchev–Trinajstić information content (AvgIpc) is 2.73. The van der Waals surface area contributed by atoms with E-state index in [4.69, 9.17) is 10.5 Å². The van der Waals surface area contributed by atoms with E-state index in [-0.39, 0.29) is 11.6 Å². The van der Waals surface area contributed by atoms with Crippen LogP contribution >= 0.6 is 0 Å². The Hall–Kier alpha value is -1.81. The molecule has 3 N–H and O–H groups in total. The number of aromatic nitrogens is 1. The molecule has 100 valence electrons. The van der Waals surface area contributed by atoms with Gasteiger partial charge in [0, 0.05) is 18.2 Å². The van der Waals surface area contributed by atoms with Gasteiger partial charge in [-0.3, -0.25) is 4.98 Å². The van der Waals surface area contributed by atoms with E-state index in [0.717, 1.165) is 35.3 Å². The highest BCUT2D eigenvalue weighted by Gasteiger charge is 2.37. The number of nitrogen functional groups attached to an aromatic ring is 1. The molecule has 2 atom stereocenters. The number of anilines is 2. The molecule has 0 spiro atoms. The number of hydrogen-bond acceptors (Lipinski definition) is 4. The summed E-state index contributed by atoms with van der Waals surface area (Å²) in [5.41, 5.74) is 8.83. The molecule has 1 aromatic heterocycles. The van der Waals surface area contributed by atoms with Crippen molar-refractivity contribution in [3.8, 4) is 0 Å². The minimum atomic E-state index is -0.0655. The largest absolute Gasteiger partial charge is 0.397 e. The van der Waals surface area contributed by atoms with Gasteiger partial charge in [0.05, 0.1) is 28.5 Å². The van der Waals surface area contributed by atoms with E-state index in [1.165, 1.54) is 0 Å². The minimum Gasteiger partial charge on any atom is -0.397 e. The van der Waals surface area contributed by atoms with Crippen molar-refractivity contribution in [1.82, 2.24) is 4.98 Å². The van der Waals surface area contributed by atoms with E-state index in [9.17, 15) is 0 Å². The third-order valence-corrected chi connectivity index (χ3v) is 4.13. The first-order valence-electron chi connectivity index (χ1n) is 6.63. The molecule has 2 heterocycles. The van der Waals surface area contributed by atoms with Crippen LogP contribution < -0.4 is 11.1 Å². The van der Waals surface area contributed by atoms with Crippen LogP contribution in [0.5, 0.6) is 0 Å². The standard InChI is InChI=1S/C15H19N3O/c1-10-15(2,7-9-19-10)18-13-6-5-12-11(14(13)16)4-3-8-17-12/h3-6,8,10,18H,7,9,16H2,1-2H3. The Kier molecular flexibility index (Phi) is 2.82. The fourth-order valence-electron chi connectivity index (χ4n) is 2.59. The third-order valence-electron chi connectivity index (χ3n) is 4.13. The molecule has 2 unspecified atom stereocenters. The van der Waals surface area contributed by atoms with Gasteiger partial charge in [-0.15, -0.1) is 0 Å². The molecular formula is C15H19N3O. The summed E-state index contributed by atoms with van der Waals surface area (Å²) >= 11 is 0. The summed E-state index contributed by atoms with van der Waals surface area (Å²) in [6, 6.07) is 7.91. The van der Waals surface area contributed by atoms with Crippen molar-refractivity contribution in [2.45, 2.75) is 31.9 Å². The second kappa shape index (κ2) is 4.38. The van der Waals surface area contributed by atoms with Crippen LogP contribution in [0.3, 0.4) is 0 Å². The smallest absolute Gasteiger partial charge is 0.0774 e. The topological polar surface area (TPSA) is 60.2 Å². The molecule has 1 aliphatic rings. The lowest BCUT2D eigenvalue weighted by Crippen LogP contribution is -2.41. The zero-order valence-corrected chi connectivity index (χ0v) is 11.3. The lowest BCUT2D eigenvalue weighted by Gasteiger charge is -2.31. The van der Waals surface area contributed by atoms with Crippen LogP contribution in [-0.2, 0) is 4.74 Å². The predicted octanol–water partition coefficient (Wildman–Crippen LogP) is 2.80. The number of fused-ring (bicyclic) bond motifs is 1. The Morgan fingerprint density at radius 3 is 3.00 bits per heavy atom. The third kappa shape index (κ3) is 2.02. The second-order valence-electron chi connectivity index (χ2n) is 5.40. The molecule has 2 aromatic rings. The van der Waals surface area contributed by atoms with Crippen LogP contribution in [0, 0.1) is 0 Å². The summed E-state index contributed by atoms with van der Waals surface area (Å²) in [5, 5.41) is 4.54. The van der Waals surface area contributed by atoms with E-state index in [0.29, 0.717) is 0 Å². The molecule has 1 fully saturated rings. The second-order valence-corrected chi connectivity index (χ2v) is 5.40. The Morgan fingerprint density at radius 1 is 1.42 bits per heavy atom. The molecular weight excluding hydrogens is 238 g/mol. The Bertz CT molecular complexity index is 613. The fourth-order valence-corrected chi connectivity index (χ4v) is 2.59. The van der Waals surface area contributed by atoms with Crippen molar-refractivity contribution >= 4 is 22.3 Å². The van der Waals surface area contributed by atoms with Crippen LogP contribution in [0.2, 0.25) is 0 Å². The van der Waals surface area contributed by atoms with Crippen molar-refractivity contribution in [3.05, 3.63) is 30.5 Å². The van der Waals surface area contributed by atoms with Gasteiger partial charge in [0.1, 0.15) is 0 Å². The molecule has 1 aromatic carbocycles. The summed E-state index contributed by atoms with van der Waals surface area (Å²) < 4.78 is 5.65. The van der Waals surface area contributed by atoms with Gasteiger partial charge in [0.25, 0.3) is 0 Å². The number of rotatable bonds is 2. The summed E-state index contributed by atoms with van der Waals surface area (Å²) in [4.78, 5) is 4.31. The number of benzene rings is 1. The molecule has 0 amide bonds. The Morgan fingerprint density at radius 2 is 2.26 bits per heavy atom. The van der Waals surface area contributed by atoms with E-state index in [1.54, 1.807) is 6.20 Å². The molecule has 0 aliphatic carbocycles. The lowest BCUT2D eigenvalue weighted by molar-refractivity contribution is 0.105. The number of nitrogens with zero attached hydrogens (tertiary/aromatic N) is 1. The van der Waals surface area contributed by atoms with Crippen molar-refractivity contribution < 1.29 is 4.74 Å². The molecule has 0 radical (unpaired) electrons. The van der Waals surface area contributed by atoms with Gasteiger partial charge in [-0.2, -0.15) is 0 Å². The zero-order chi connectivity index (χ0) is 13.5. The van der Waals surface area contributed by atoms with E-state index in [2.05, 4.69) is 24.1 Å².